The summed E-state index contributed by atoms with van der Waals surface area (Å²) in [6.07, 6.45) is 1.27. The number of pyridine rings is 1. The van der Waals surface area contributed by atoms with Gasteiger partial charge in [0.1, 0.15) is 0 Å². The molecule has 0 aliphatic carbocycles. The lowest BCUT2D eigenvalue weighted by Crippen LogP contribution is -2.40. The van der Waals surface area contributed by atoms with E-state index >= 15 is 0 Å². The van der Waals surface area contributed by atoms with Crippen LogP contribution in [0.15, 0.2) is 24.4 Å². The lowest BCUT2D eigenvalue weighted by atomic mass is 10.3. The highest BCUT2D eigenvalue weighted by molar-refractivity contribution is 7.80. The van der Waals surface area contributed by atoms with E-state index < -0.39 is 27.0 Å². The lowest BCUT2D eigenvalue weighted by molar-refractivity contribution is -0.699. The summed E-state index contributed by atoms with van der Waals surface area (Å²) in [5.41, 5.74) is 0.438. The van der Waals surface area contributed by atoms with Crippen molar-refractivity contribution in [3.8, 4) is 0 Å². The summed E-state index contributed by atoms with van der Waals surface area (Å²) in [6, 6.07) is 4.93. The number of hydrogen-bond acceptors (Lipinski definition) is 3. The number of thiol groups is 1. The van der Waals surface area contributed by atoms with E-state index in [1.807, 2.05) is 0 Å². The van der Waals surface area contributed by atoms with Crippen LogP contribution >= 0.6 is 27.8 Å². The van der Waals surface area contributed by atoms with Crippen molar-refractivity contribution in [2.45, 2.75) is 18.4 Å². The van der Waals surface area contributed by atoms with Crippen LogP contribution in [-0.4, -0.2) is 30.7 Å². The van der Waals surface area contributed by atoms with Crippen molar-refractivity contribution in [3.63, 3.8) is 0 Å². The van der Waals surface area contributed by atoms with Crippen LogP contribution in [0.2, 0.25) is 0 Å². The molecule has 7 nitrogen and oxygen atoms in total. The Morgan fingerprint density at radius 3 is 2.21 bits per heavy atom. The van der Waals surface area contributed by atoms with Gasteiger partial charge in [0.2, 0.25) is 0 Å². The fourth-order valence-electron chi connectivity index (χ4n) is 1.64. The van der Waals surface area contributed by atoms with E-state index in [1.165, 1.54) is 0 Å². The van der Waals surface area contributed by atoms with Gasteiger partial charge in [-0.05, 0) is 0 Å². The monoisotopic (exact) mass is 328 g/mol. The van der Waals surface area contributed by atoms with Crippen LogP contribution in [0.4, 0.5) is 0 Å². The quantitative estimate of drug-likeness (QED) is 0.288. The minimum atomic E-state index is -4.90. The second-order valence-corrected chi connectivity index (χ2v) is 8.43. The summed E-state index contributed by atoms with van der Waals surface area (Å²) in [5, 5.41) is -2.02. The van der Waals surface area contributed by atoms with Gasteiger partial charge in [0.15, 0.2) is 23.8 Å². The molecule has 0 radical (unpaired) electrons. The Morgan fingerprint density at radius 1 is 1.16 bits per heavy atom. The molecule has 10 heteroatoms. The first-order valence-electron chi connectivity index (χ1n) is 5.35. The van der Waals surface area contributed by atoms with Crippen LogP contribution in [0.25, 0.3) is 0 Å². The van der Waals surface area contributed by atoms with Gasteiger partial charge in [0, 0.05) is 17.9 Å². The molecule has 1 aromatic heterocycles. The highest BCUT2D eigenvalue weighted by Crippen LogP contribution is 2.60. The third-order valence-corrected chi connectivity index (χ3v) is 6.47. The average molecular weight is 328 g/mol. The first-order valence-corrected chi connectivity index (χ1v) is 9.34. The van der Waals surface area contributed by atoms with Crippen molar-refractivity contribution in [3.05, 3.63) is 30.1 Å². The molecule has 1 aromatic rings. The molecule has 1 heterocycles. The van der Waals surface area contributed by atoms with Crippen molar-refractivity contribution < 1.29 is 33.3 Å². The predicted octanol–water partition coefficient (Wildman–Crippen LogP) is 0.128. The van der Waals surface area contributed by atoms with Gasteiger partial charge >= 0.3 is 15.2 Å². The zero-order valence-corrected chi connectivity index (χ0v) is 12.6. The molecule has 0 aliphatic heterocycles. The maximum absolute atomic E-state index is 11.2. The molecule has 0 unspecified atom stereocenters. The Bertz CT molecular complexity index is 505. The first-order chi connectivity index (χ1) is 8.66. The summed E-state index contributed by atoms with van der Waals surface area (Å²) >= 11 is 4.06. The second-order valence-electron chi connectivity index (χ2n) is 3.97. The molecule has 0 bridgehead atoms. The minimum Gasteiger partial charge on any atom is -0.324 e. The second kappa shape index (κ2) is 6.50. The van der Waals surface area contributed by atoms with Crippen molar-refractivity contribution in [1.29, 1.82) is 0 Å². The maximum Gasteiger partial charge on any atom is 0.341 e. The Labute approximate surface area is 116 Å². The molecule has 4 N–H and O–H groups in total. The highest BCUT2D eigenvalue weighted by atomic mass is 32.1. The predicted molar refractivity (Wildman–Crippen MR) is 72.1 cm³/mol. The van der Waals surface area contributed by atoms with Crippen molar-refractivity contribution in [1.82, 2.24) is 0 Å². The molecule has 0 aliphatic rings. The molecule has 0 saturated heterocycles. The maximum atomic E-state index is 11.2. The van der Waals surface area contributed by atoms with E-state index in [9.17, 15) is 9.13 Å². The van der Waals surface area contributed by atoms with Crippen molar-refractivity contribution in [2.75, 3.05) is 5.75 Å². The molecular formula is C9H16NO6P2S+. The van der Waals surface area contributed by atoms with Gasteiger partial charge in [-0.25, -0.2) is 4.57 Å². The molecule has 0 saturated carbocycles. The number of aryl methyl sites for hydroxylation is 1. The number of hydrogen-bond donors (Lipinski definition) is 5. The van der Waals surface area contributed by atoms with E-state index in [4.69, 9.17) is 19.6 Å². The average Bonchev–Trinajstić information content (AvgIpc) is 2.25. The van der Waals surface area contributed by atoms with Crippen LogP contribution in [-0.2, 0) is 22.1 Å². The summed E-state index contributed by atoms with van der Waals surface area (Å²) < 4.78 is 24.1. The number of rotatable bonds is 6. The zero-order valence-electron chi connectivity index (χ0n) is 9.90. The van der Waals surface area contributed by atoms with E-state index in [-0.39, 0.29) is 0 Å². The summed E-state index contributed by atoms with van der Waals surface area (Å²) in [4.78, 5) is 36.4. The Hall–Kier alpha value is -0.200. The third-order valence-electron chi connectivity index (χ3n) is 2.54. The Balaban J connectivity index is 3.11. The molecule has 0 atom stereocenters. The van der Waals surface area contributed by atoms with Crippen LogP contribution in [0.1, 0.15) is 5.69 Å². The molecule has 19 heavy (non-hydrogen) atoms. The molecule has 0 fully saturated rings. The number of aromatic nitrogens is 1. The summed E-state index contributed by atoms with van der Waals surface area (Å²) in [5.74, 6) is 0.498. The highest BCUT2D eigenvalue weighted by Gasteiger charge is 2.44. The Kier molecular flexibility index (Phi) is 5.77. The third kappa shape index (κ3) is 5.00. The van der Waals surface area contributed by atoms with E-state index in [0.29, 0.717) is 18.0 Å². The van der Waals surface area contributed by atoms with Crippen LogP contribution in [0, 0.1) is 0 Å². The molecule has 108 valence electrons. The van der Waals surface area contributed by atoms with E-state index in [2.05, 4.69) is 12.6 Å². The van der Waals surface area contributed by atoms with Crippen molar-refractivity contribution >= 4 is 27.8 Å². The molecule has 0 amide bonds. The summed E-state index contributed by atoms with van der Waals surface area (Å²) in [7, 11) is -9.79. The van der Waals surface area contributed by atoms with Gasteiger partial charge in [-0.2, -0.15) is 12.6 Å². The minimum absolute atomic E-state index is 0.400. The van der Waals surface area contributed by atoms with Gasteiger partial charge in [0.25, 0.3) is 0 Å². The lowest BCUT2D eigenvalue weighted by Gasteiger charge is -2.18. The molecular weight excluding hydrogens is 312 g/mol. The van der Waals surface area contributed by atoms with Gasteiger partial charge in [-0.15, -0.1) is 0 Å². The van der Waals surface area contributed by atoms with Gasteiger partial charge < -0.3 is 19.6 Å². The van der Waals surface area contributed by atoms with E-state index in [0.717, 1.165) is 0 Å². The van der Waals surface area contributed by atoms with Crippen molar-refractivity contribution in [2.24, 2.45) is 0 Å². The van der Waals surface area contributed by atoms with Gasteiger partial charge in [0.05, 0.1) is 6.42 Å². The van der Waals surface area contributed by atoms with Crippen LogP contribution in [0.5, 0.6) is 0 Å². The first kappa shape index (κ1) is 16.9. The fraction of sp³-hybridized carbons (Fsp3) is 0.444. The van der Waals surface area contributed by atoms with Crippen LogP contribution < -0.4 is 4.57 Å². The van der Waals surface area contributed by atoms with Gasteiger partial charge in [-0.1, -0.05) is 6.07 Å². The standard InChI is InChI=1S/C9H15NO6P2S/c11-17(12,13)9(18(14,15)16)7-8-3-1-2-4-10(8)5-6-19/h1-4,9H,5-7H2,(H4-,11,12,13,14,15,16,19)/p+1. The number of nitrogens with zero attached hydrogens (tertiary/aromatic N) is 1. The normalized spacial score (nSPS) is 12.9. The fourth-order valence-corrected chi connectivity index (χ4v) is 4.28. The smallest absolute Gasteiger partial charge is 0.324 e. The van der Waals surface area contributed by atoms with Gasteiger partial charge in [-0.3, -0.25) is 9.13 Å². The topological polar surface area (TPSA) is 119 Å². The SMILES string of the molecule is O=P(O)(O)C(Cc1cccc[n+]1CCS)P(=O)(O)O. The summed E-state index contributed by atoms with van der Waals surface area (Å²) in [6.45, 7) is 0.480. The van der Waals surface area contributed by atoms with Crippen LogP contribution in [0.3, 0.4) is 0 Å². The molecule has 0 aromatic carbocycles. The van der Waals surface area contributed by atoms with E-state index in [1.54, 1.807) is 29.0 Å². The largest absolute Gasteiger partial charge is 0.341 e. The molecule has 1 rings (SSSR count). The zero-order chi connectivity index (χ0) is 14.7. The molecule has 0 spiro atoms. The Morgan fingerprint density at radius 2 is 1.74 bits per heavy atom.